The molecule has 1 aromatic carbocycles. The van der Waals surface area contributed by atoms with Crippen molar-refractivity contribution < 1.29 is 9.90 Å². The molecular weight excluding hydrogens is 264 g/mol. The van der Waals surface area contributed by atoms with Gasteiger partial charge in [-0.05, 0) is 37.9 Å². The molecule has 2 atom stereocenters. The maximum Gasteiger partial charge on any atom is 0.238 e. The van der Waals surface area contributed by atoms with Crippen LogP contribution in [0.25, 0.3) is 0 Å². The Hall–Kier alpha value is -1.39. The number of likely N-dealkylation sites (N-methyl/N-ethyl adjacent to an activating group) is 1. The summed E-state index contributed by atoms with van der Waals surface area (Å²) < 4.78 is 0. The van der Waals surface area contributed by atoms with E-state index in [0.717, 1.165) is 43.4 Å². The van der Waals surface area contributed by atoms with E-state index in [4.69, 9.17) is 0 Å². The van der Waals surface area contributed by atoms with Gasteiger partial charge in [0.05, 0.1) is 12.6 Å². The van der Waals surface area contributed by atoms with E-state index < -0.39 is 0 Å². The van der Waals surface area contributed by atoms with Gasteiger partial charge >= 0.3 is 0 Å². The minimum absolute atomic E-state index is 0.0174. The number of carbonyl (C=O) groups excluding carboxylic acids is 1. The molecule has 21 heavy (non-hydrogen) atoms. The number of anilines is 1. The summed E-state index contributed by atoms with van der Waals surface area (Å²) in [5.41, 5.74) is 2.04. The Labute approximate surface area is 127 Å². The van der Waals surface area contributed by atoms with Crippen LogP contribution in [0, 0.1) is 0 Å². The first-order valence-electron chi connectivity index (χ1n) is 7.88. The number of amides is 1. The molecular formula is C17H26N2O2. The predicted octanol–water partition coefficient (Wildman–Crippen LogP) is 2.42. The number of hydrogen-bond donors (Lipinski definition) is 2. The van der Waals surface area contributed by atoms with Gasteiger partial charge in [-0.25, -0.2) is 0 Å². The van der Waals surface area contributed by atoms with Gasteiger partial charge in [0.1, 0.15) is 0 Å². The highest BCUT2D eigenvalue weighted by atomic mass is 16.3. The van der Waals surface area contributed by atoms with Crippen LogP contribution in [0.15, 0.2) is 24.3 Å². The van der Waals surface area contributed by atoms with Crippen LogP contribution in [-0.2, 0) is 11.2 Å². The van der Waals surface area contributed by atoms with Gasteiger partial charge in [0.2, 0.25) is 5.91 Å². The van der Waals surface area contributed by atoms with E-state index in [2.05, 4.69) is 12.2 Å². The van der Waals surface area contributed by atoms with Gasteiger partial charge < -0.3 is 10.4 Å². The van der Waals surface area contributed by atoms with Crippen molar-refractivity contribution in [3.05, 3.63) is 29.8 Å². The number of aliphatic hydroxyl groups excluding tert-OH is 1. The Kier molecular flexibility index (Phi) is 5.76. The molecule has 0 aliphatic heterocycles. The van der Waals surface area contributed by atoms with E-state index in [1.807, 2.05) is 36.2 Å². The minimum Gasteiger partial charge on any atom is -0.391 e. The molecule has 116 valence electrons. The van der Waals surface area contributed by atoms with E-state index in [9.17, 15) is 9.90 Å². The first-order chi connectivity index (χ1) is 10.1. The fraction of sp³-hybridized carbons (Fsp3) is 0.588. The second-order valence-corrected chi connectivity index (χ2v) is 5.89. The Morgan fingerprint density at radius 1 is 1.33 bits per heavy atom. The highest BCUT2D eigenvalue weighted by Crippen LogP contribution is 2.22. The lowest BCUT2D eigenvalue weighted by Crippen LogP contribution is -2.46. The molecule has 4 heteroatoms. The van der Waals surface area contributed by atoms with Crippen LogP contribution >= 0.6 is 0 Å². The molecule has 2 unspecified atom stereocenters. The van der Waals surface area contributed by atoms with Crippen LogP contribution < -0.4 is 5.32 Å². The SMILES string of the molecule is CCc1ccccc1NC(=O)CN(C)C1CCCCC1O. The molecule has 0 saturated heterocycles. The van der Waals surface area contributed by atoms with Crippen LogP contribution in [0.3, 0.4) is 0 Å². The van der Waals surface area contributed by atoms with E-state index in [-0.39, 0.29) is 18.1 Å². The maximum atomic E-state index is 12.2. The topological polar surface area (TPSA) is 52.6 Å². The van der Waals surface area contributed by atoms with Gasteiger partial charge in [-0.3, -0.25) is 9.69 Å². The highest BCUT2D eigenvalue weighted by Gasteiger charge is 2.27. The lowest BCUT2D eigenvalue weighted by Gasteiger charge is -2.34. The van der Waals surface area contributed by atoms with Crippen molar-refractivity contribution in [1.82, 2.24) is 4.90 Å². The number of para-hydroxylation sites is 1. The summed E-state index contributed by atoms with van der Waals surface area (Å²) in [6.45, 7) is 2.40. The molecule has 2 N–H and O–H groups in total. The monoisotopic (exact) mass is 290 g/mol. The van der Waals surface area contributed by atoms with Crippen molar-refractivity contribution in [3.8, 4) is 0 Å². The summed E-state index contributed by atoms with van der Waals surface area (Å²) >= 11 is 0. The third-order valence-electron chi connectivity index (χ3n) is 4.33. The molecule has 0 spiro atoms. The highest BCUT2D eigenvalue weighted by molar-refractivity contribution is 5.93. The fourth-order valence-electron chi connectivity index (χ4n) is 3.09. The lowest BCUT2D eigenvalue weighted by molar-refractivity contribution is -0.118. The van der Waals surface area contributed by atoms with E-state index >= 15 is 0 Å². The molecule has 1 aromatic rings. The zero-order valence-electron chi connectivity index (χ0n) is 13.0. The van der Waals surface area contributed by atoms with Crippen LogP contribution in [0.1, 0.15) is 38.2 Å². The second kappa shape index (κ2) is 7.57. The van der Waals surface area contributed by atoms with Gasteiger partial charge in [-0.1, -0.05) is 38.0 Å². The number of nitrogens with zero attached hydrogens (tertiary/aromatic N) is 1. The van der Waals surface area contributed by atoms with Crippen LogP contribution in [0.4, 0.5) is 5.69 Å². The Bertz CT molecular complexity index is 476. The molecule has 0 radical (unpaired) electrons. The van der Waals surface area contributed by atoms with Crippen molar-refractivity contribution in [3.63, 3.8) is 0 Å². The minimum atomic E-state index is -0.306. The van der Waals surface area contributed by atoms with Gasteiger partial charge in [0.25, 0.3) is 0 Å². The number of aryl methyl sites for hydroxylation is 1. The molecule has 0 heterocycles. The lowest BCUT2D eigenvalue weighted by atomic mass is 9.91. The van der Waals surface area contributed by atoms with Crippen LogP contribution in [-0.4, -0.2) is 41.7 Å². The fourth-order valence-corrected chi connectivity index (χ4v) is 3.09. The van der Waals surface area contributed by atoms with E-state index in [1.54, 1.807) is 0 Å². The van der Waals surface area contributed by atoms with Crippen LogP contribution in [0.2, 0.25) is 0 Å². The molecule has 0 bridgehead atoms. The third kappa shape index (κ3) is 4.29. The average molecular weight is 290 g/mol. The van der Waals surface area contributed by atoms with E-state index in [1.165, 1.54) is 0 Å². The van der Waals surface area contributed by atoms with Crippen molar-refractivity contribution in [2.75, 3.05) is 18.9 Å². The summed E-state index contributed by atoms with van der Waals surface area (Å²) in [4.78, 5) is 14.2. The average Bonchev–Trinajstić information content (AvgIpc) is 2.48. The van der Waals surface area contributed by atoms with Gasteiger partial charge in [-0.15, -0.1) is 0 Å². The first kappa shape index (κ1) is 16.0. The number of carbonyl (C=O) groups is 1. The largest absolute Gasteiger partial charge is 0.391 e. The van der Waals surface area contributed by atoms with Crippen LogP contribution in [0.5, 0.6) is 0 Å². The smallest absolute Gasteiger partial charge is 0.238 e. The first-order valence-corrected chi connectivity index (χ1v) is 7.88. The predicted molar refractivity (Wildman–Crippen MR) is 85.3 cm³/mol. The number of nitrogens with one attached hydrogen (secondary N) is 1. The van der Waals surface area contributed by atoms with Gasteiger partial charge in [-0.2, -0.15) is 0 Å². The zero-order chi connectivity index (χ0) is 15.2. The second-order valence-electron chi connectivity index (χ2n) is 5.89. The van der Waals surface area contributed by atoms with Gasteiger partial charge in [0.15, 0.2) is 0 Å². The quantitative estimate of drug-likeness (QED) is 0.875. The molecule has 4 nitrogen and oxygen atoms in total. The third-order valence-corrected chi connectivity index (χ3v) is 4.33. The van der Waals surface area contributed by atoms with Crippen molar-refractivity contribution in [2.24, 2.45) is 0 Å². The molecule has 1 fully saturated rings. The molecule has 1 aliphatic rings. The summed E-state index contributed by atoms with van der Waals surface area (Å²) in [5, 5.41) is 13.0. The maximum absolute atomic E-state index is 12.2. The zero-order valence-corrected chi connectivity index (χ0v) is 13.0. The Balaban J connectivity index is 1.91. The number of rotatable bonds is 5. The number of aliphatic hydroxyl groups is 1. The van der Waals surface area contributed by atoms with E-state index in [0.29, 0.717) is 6.54 Å². The Morgan fingerprint density at radius 2 is 2.05 bits per heavy atom. The van der Waals surface area contributed by atoms with Gasteiger partial charge in [0, 0.05) is 11.7 Å². The number of hydrogen-bond acceptors (Lipinski definition) is 3. The van der Waals surface area contributed by atoms with Crippen molar-refractivity contribution in [2.45, 2.75) is 51.2 Å². The standard InChI is InChI=1S/C17H26N2O2/c1-3-13-8-4-5-9-14(13)18-17(21)12-19(2)15-10-6-7-11-16(15)20/h4-5,8-9,15-16,20H,3,6-7,10-12H2,1-2H3,(H,18,21). The van der Waals surface area contributed by atoms with Crippen molar-refractivity contribution >= 4 is 11.6 Å². The normalized spacial score (nSPS) is 22.3. The molecule has 2 rings (SSSR count). The molecule has 1 aliphatic carbocycles. The molecule has 0 aromatic heterocycles. The molecule has 1 saturated carbocycles. The summed E-state index contributed by atoms with van der Waals surface area (Å²) in [6.07, 6.45) is 4.62. The summed E-state index contributed by atoms with van der Waals surface area (Å²) in [6, 6.07) is 7.99. The summed E-state index contributed by atoms with van der Waals surface area (Å²) in [5.74, 6) is -0.0174. The Morgan fingerprint density at radius 3 is 2.76 bits per heavy atom. The van der Waals surface area contributed by atoms with Crippen molar-refractivity contribution in [1.29, 1.82) is 0 Å². The summed E-state index contributed by atoms with van der Waals surface area (Å²) in [7, 11) is 1.92. The number of benzene rings is 1. The molecule has 1 amide bonds.